The van der Waals surface area contributed by atoms with Gasteiger partial charge in [-0.3, -0.25) is 4.79 Å². The van der Waals surface area contributed by atoms with Crippen LogP contribution < -0.4 is 9.47 Å². The summed E-state index contributed by atoms with van der Waals surface area (Å²) in [6, 6.07) is 11.3. The third-order valence-electron chi connectivity index (χ3n) is 4.05. The summed E-state index contributed by atoms with van der Waals surface area (Å²) >= 11 is 0. The molecule has 1 aromatic heterocycles. The largest absolute Gasteiger partial charge is 0.497 e. The summed E-state index contributed by atoms with van der Waals surface area (Å²) in [4.78, 5) is 14.3. The molecule has 1 aromatic carbocycles. The van der Waals surface area contributed by atoms with Crippen LogP contribution in [0.25, 0.3) is 0 Å². The van der Waals surface area contributed by atoms with E-state index in [-0.39, 0.29) is 12.0 Å². The molecule has 1 fully saturated rings. The fraction of sp³-hybridized carbons (Fsp3) is 0.389. The molecule has 0 unspecified atom stereocenters. The first-order valence-electron chi connectivity index (χ1n) is 8.02. The number of rotatable bonds is 5. The van der Waals surface area contributed by atoms with E-state index in [0.29, 0.717) is 25.4 Å². The van der Waals surface area contributed by atoms with Crippen molar-refractivity contribution < 1.29 is 14.3 Å². The minimum atomic E-state index is -0.0312. The van der Waals surface area contributed by atoms with Crippen molar-refractivity contribution in [1.82, 2.24) is 15.1 Å². The Morgan fingerprint density at radius 2 is 2.17 bits per heavy atom. The van der Waals surface area contributed by atoms with Crippen molar-refractivity contribution in [2.24, 2.45) is 0 Å². The fourth-order valence-electron chi connectivity index (χ4n) is 2.74. The average molecular weight is 327 g/mol. The summed E-state index contributed by atoms with van der Waals surface area (Å²) < 4.78 is 11.0. The number of aromatic nitrogens is 2. The number of likely N-dealkylation sites (tertiary alicyclic amines) is 1. The van der Waals surface area contributed by atoms with E-state index in [1.54, 1.807) is 7.11 Å². The second-order valence-electron chi connectivity index (χ2n) is 5.91. The molecule has 1 saturated heterocycles. The first-order valence-corrected chi connectivity index (χ1v) is 8.02. The zero-order chi connectivity index (χ0) is 16.9. The molecule has 0 bridgehead atoms. The van der Waals surface area contributed by atoms with Crippen LogP contribution >= 0.6 is 0 Å². The number of hydrogen-bond donors (Lipinski definition) is 0. The monoisotopic (exact) mass is 327 g/mol. The van der Waals surface area contributed by atoms with Gasteiger partial charge >= 0.3 is 0 Å². The molecule has 0 radical (unpaired) electrons. The van der Waals surface area contributed by atoms with Crippen LogP contribution in [0.3, 0.4) is 0 Å². The van der Waals surface area contributed by atoms with Crippen molar-refractivity contribution >= 4 is 5.91 Å². The quantitative estimate of drug-likeness (QED) is 0.840. The van der Waals surface area contributed by atoms with E-state index >= 15 is 0 Å². The maximum atomic E-state index is 12.5. The van der Waals surface area contributed by atoms with Crippen LogP contribution in [0.4, 0.5) is 0 Å². The first-order chi connectivity index (χ1) is 11.6. The topological polar surface area (TPSA) is 64.5 Å². The summed E-state index contributed by atoms with van der Waals surface area (Å²) in [7, 11) is 1.62. The van der Waals surface area contributed by atoms with Crippen LogP contribution in [0.5, 0.6) is 11.6 Å². The highest BCUT2D eigenvalue weighted by Crippen LogP contribution is 2.18. The number of hydrogen-bond acceptors (Lipinski definition) is 5. The third-order valence-corrected chi connectivity index (χ3v) is 4.05. The molecule has 2 aromatic rings. The van der Waals surface area contributed by atoms with Crippen LogP contribution in [-0.2, 0) is 11.2 Å². The number of benzene rings is 1. The van der Waals surface area contributed by atoms with Crippen molar-refractivity contribution in [1.29, 1.82) is 0 Å². The smallest absolute Gasteiger partial charge is 0.233 e. The highest BCUT2D eigenvalue weighted by atomic mass is 16.5. The molecule has 6 nitrogen and oxygen atoms in total. The van der Waals surface area contributed by atoms with Gasteiger partial charge in [-0.2, -0.15) is 5.10 Å². The van der Waals surface area contributed by atoms with Gasteiger partial charge in [0.1, 0.15) is 11.9 Å². The van der Waals surface area contributed by atoms with Gasteiger partial charge in [-0.1, -0.05) is 12.1 Å². The number of methoxy groups -OCH3 is 1. The Hall–Kier alpha value is -2.63. The molecule has 1 amide bonds. The molecule has 126 valence electrons. The van der Waals surface area contributed by atoms with Gasteiger partial charge in [-0.05, 0) is 30.7 Å². The van der Waals surface area contributed by atoms with Crippen LogP contribution in [-0.4, -0.2) is 47.3 Å². The zero-order valence-corrected chi connectivity index (χ0v) is 13.9. The zero-order valence-electron chi connectivity index (χ0n) is 13.9. The number of carbonyl (C=O) groups excluding carboxylic acids is 1. The van der Waals surface area contributed by atoms with Crippen LogP contribution in [0.2, 0.25) is 0 Å². The number of carbonyl (C=O) groups is 1. The van der Waals surface area contributed by atoms with E-state index in [9.17, 15) is 4.79 Å². The Kier molecular flexibility index (Phi) is 4.93. The Bertz CT molecular complexity index is 703. The summed E-state index contributed by atoms with van der Waals surface area (Å²) in [5.74, 6) is 1.37. The van der Waals surface area contributed by atoms with Gasteiger partial charge < -0.3 is 14.4 Å². The van der Waals surface area contributed by atoms with Gasteiger partial charge in [0.05, 0.1) is 25.8 Å². The molecule has 6 heteroatoms. The maximum Gasteiger partial charge on any atom is 0.233 e. The Labute approximate surface area is 141 Å². The van der Waals surface area contributed by atoms with Gasteiger partial charge in [0.15, 0.2) is 0 Å². The molecular weight excluding hydrogens is 306 g/mol. The van der Waals surface area contributed by atoms with Crippen LogP contribution in [0.1, 0.15) is 17.7 Å². The van der Waals surface area contributed by atoms with E-state index in [0.717, 1.165) is 23.4 Å². The van der Waals surface area contributed by atoms with Crippen LogP contribution in [0.15, 0.2) is 36.4 Å². The first kappa shape index (κ1) is 16.2. The van der Waals surface area contributed by atoms with Gasteiger partial charge in [-0.15, -0.1) is 5.10 Å². The average Bonchev–Trinajstić information content (AvgIpc) is 3.06. The predicted molar refractivity (Wildman–Crippen MR) is 89.1 cm³/mol. The number of aryl methyl sites for hydroxylation is 1. The molecule has 0 spiro atoms. The second-order valence-corrected chi connectivity index (χ2v) is 5.91. The third kappa shape index (κ3) is 4.01. The van der Waals surface area contributed by atoms with E-state index in [2.05, 4.69) is 10.2 Å². The molecule has 0 aliphatic carbocycles. The molecule has 0 saturated carbocycles. The molecule has 1 aliphatic rings. The number of ether oxygens (including phenoxy) is 2. The fourth-order valence-corrected chi connectivity index (χ4v) is 2.74. The molecule has 24 heavy (non-hydrogen) atoms. The Morgan fingerprint density at radius 3 is 2.92 bits per heavy atom. The van der Waals surface area contributed by atoms with Gasteiger partial charge in [0.25, 0.3) is 0 Å². The molecular formula is C18H21N3O3. The molecule has 0 N–H and O–H groups in total. The predicted octanol–water partition coefficient (Wildman–Crippen LogP) is 2.02. The van der Waals surface area contributed by atoms with Gasteiger partial charge in [-0.25, -0.2) is 0 Å². The molecule has 1 aliphatic heterocycles. The molecule has 3 rings (SSSR count). The second kappa shape index (κ2) is 7.29. The lowest BCUT2D eigenvalue weighted by atomic mass is 10.1. The lowest BCUT2D eigenvalue weighted by Crippen LogP contribution is -2.32. The highest BCUT2D eigenvalue weighted by molar-refractivity contribution is 5.79. The van der Waals surface area contributed by atoms with Gasteiger partial charge in [0, 0.05) is 19.0 Å². The highest BCUT2D eigenvalue weighted by Gasteiger charge is 2.27. The minimum Gasteiger partial charge on any atom is -0.497 e. The Balaban J connectivity index is 1.54. The van der Waals surface area contributed by atoms with Gasteiger partial charge in [0.2, 0.25) is 11.8 Å². The van der Waals surface area contributed by atoms with Crippen molar-refractivity contribution in [3.63, 3.8) is 0 Å². The maximum absolute atomic E-state index is 12.5. The molecule has 2 heterocycles. The lowest BCUT2D eigenvalue weighted by molar-refractivity contribution is -0.129. The standard InChI is InChI=1S/C18H21N3O3/c1-13-6-7-17(20-19-13)24-16-8-9-21(12-16)18(22)11-14-4-3-5-15(10-14)23-2/h3-7,10,16H,8-9,11-12H2,1-2H3/t16-/m1/s1. The van der Waals surface area contributed by atoms with Crippen molar-refractivity contribution in [3.8, 4) is 11.6 Å². The summed E-state index contributed by atoms with van der Waals surface area (Å²) in [6.07, 6.45) is 1.14. The minimum absolute atomic E-state index is 0.0312. The SMILES string of the molecule is COc1cccc(CC(=O)N2CC[C@@H](Oc3ccc(C)nn3)C2)c1. The van der Waals surface area contributed by atoms with E-state index in [1.807, 2.05) is 48.2 Å². The number of nitrogens with zero attached hydrogens (tertiary/aromatic N) is 3. The summed E-state index contributed by atoms with van der Waals surface area (Å²) in [5.41, 5.74) is 1.80. The normalized spacial score (nSPS) is 16.9. The molecule has 1 atom stereocenters. The van der Waals surface area contributed by atoms with E-state index in [4.69, 9.17) is 9.47 Å². The van der Waals surface area contributed by atoms with Crippen molar-refractivity contribution in [2.75, 3.05) is 20.2 Å². The number of amides is 1. The van der Waals surface area contributed by atoms with E-state index < -0.39 is 0 Å². The van der Waals surface area contributed by atoms with E-state index in [1.165, 1.54) is 0 Å². The van der Waals surface area contributed by atoms with Crippen molar-refractivity contribution in [3.05, 3.63) is 47.7 Å². The van der Waals surface area contributed by atoms with Crippen LogP contribution in [0, 0.1) is 6.92 Å². The summed E-state index contributed by atoms with van der Waals surface area (Å²) in [6.45, 7) is 3.16. The van der Waals surface area contributed by atoms with Crippen molar-refractivity contribution in [2.45, 2.75) is 25.9 Å². The summed E-state index contributed by atoms with van der Waals surface area (Å²) in [5, 5.41) is 7.99. The Morgan fingerprint density at radius 1 is 1.29 bits per heavy atom. The lowest BCUT2D eigenvalue weighted by Gasteiger charge is -2.17.